The van der Waals surface area contributed by atoms with E-state index in [4.69, 9.17) is 6.57 Å². The van der Waals surface area contributed by atoms with Crippen LogP contribution in [0.5, 0.6) is 0 Å². The predicted molar refractivity (Wildman–Crippen MR) is 96.7 cm³/mol. The number of halogens is 3. The van der Waals surface area contributed by atoms with Crippen LogP contribution in [-0.4, -0.2) is 10.9 Å². The first-order valence-electron chi connectivity index (χ1n) is 8.06. The summed E-state index contributed by atoms with van der Waals surface area (Å²) in [5.74, 6) is -0.294. The van der Waals surface area contributed by atoms with Crippen molar-refractivity contribution in [1.82, 2.24) is 4.98 Å². The molecule has 1 aliphatic rings. The number of amides is 1. The van der Waals surface area contributed by atoms with Gasteiger partial charge in [-0.2, -0.15) is 13.2 Å². The van der Waals surface area contributed by atoms with Crippen LogP contribution < -0.4 is 5.32 Å². The van der Waals surface area contributed by atoms with Crippen LogP contribution in [-0.2, 0) is 17.4 Å². The Morgan fingerprint density at radius 3 is 2.70 bits per heavy atom. The number of hydrogen-bond acceptors (Lipinski definition) is 1. The van der Waals surface area contributed by atoms with Crippen molar-refractivity contribution in [1.29, 1.82) is 0 Å². The molecule has 1 aromatic heterocycles. The van der Waals surface area contributed by atoms with E-state index >= 15 is 0 Å². The van der Waals surface area contributed by atoms with E-state index < -0.39 is 11.7 Å². The summed E-state index contributed by atoms with van der Waals surface area (Å²) in [6.45, 7) is 6.85. The smallest absolute Gasteiger partial charge is 0.354 e. The summed E-state index contributed by atoms with van der Waals surface area (Å²) in [6, 6.07) is 8.75. The van der Waals surface area contributed by atoms with E-state index in [1.165, 1.54) is 12.3 Å². The van der Waals surface area contributed by atoms with Gasteiger partial charge in [0.2, 0.25) is 5.91 Å². The third-order valence-corrected chi connectivity index (χ3v) is 4.50. The Labute approximate surface area is 152 Å². The third kappa shape index (κ3) is 2.95. The van der Waals surface area contributed by atoms with Gasteiger partial charge in [-0.25, -0.2) is 4.85 Å². The molecule has 2 N–H and O–H groups in total. The van der Waals surface area contributed by atoms with Gasteiger partial charge < -0.3 is 10.3 Å². The number of anilines is 1. The number of nitrogens with one attached hydrogen (secondary N) is 2. The first-order valence-corrected chi connectivity index (χ1v) is 8.06. The Bertz CT molecular complexity index is 1150. The fraction of sp³-hybridized carbons (Fsp3) is 0.100. The highest BCUT2D eigenvalue weighted by Crippen LogP contribution is 2.40. The SMILES string of the molecule is [C-]#[N+]C=Cc1ccc2c(c1)-c1[nH]c3ccc(C(F)(F)F)cc3c1CC(=O)N2. The number of hydrogen-bond donors (Lipinski definition) is 2. The quantitative estimate of drug-likeness (QED) is 0.568. The zero-order chi connectivity index (χ0) is 19.2. The minimum Gasteiger partial charge on any atom is -0.354 e. The average molecular weight is 367 g/mol. The number of alkyl halides is 3. The van der Waals surface area contributed by atoms with Crippen molar-refractivity contribution < 1.29 is 18.0 Å². The van der Waals surface area contributed by atoms with E-state index in [0.29, 0.717) is 33.4 Å². The molecule has 2 aromatic carbocycles. The van der Waals surface area contributed by atoms with Gasteiger partial charge in [-0.3, -0.25) is 4.79 Å². The number of aromatic nitrogens is 1. The normalized spacial score (nSPS) is 13.8. The lowest BCUT2D eigenvalue weighted by Gasteiger charge is -2.08. The van der Waals surface area contributed by atoms with Gasteiger partial charge in [-0.15, -0.1) is 0 Å². The Kier molecular flexibility index (Phi) is 3.77. The van der Waals surface area contributed by atoms with Crippen LogP contribution in [0, 0.1) is 6.57 Å². The van der Waals surface area contributed by atoms with Crippen molar-refractivity contribution in [2.75, 3.05) is 5.32 Å². The van der Waals surface area contributed by atoms with E-state index in [2.05, 4.69) is 15.1 Å². The molecule has 0 unspecified atom stereocenters. The summed E-state index contributed by atoms with van der Waals surface area (Å²) in [4.78, 5) is 18.6. The first kappa shape index (κ1) is 16.9. The van der Waals surface area contributed by atoms with Gasteiger partial charge in [0, 0.05) is 16.5 Å². The first-order chi connectivity index (χ1) is 12.9. The zero-order valence-electron chi connectivity index (χ0n) is 13.8. The highest BCUT2D eigenvalue weighted by Gasteiger charge is 2.32. The molecule has 1 amide bonds. The van der Waals surface area contributed by atoms with Crippen LogP contribution in [0.3, 0.4) is 0 Å². The van der Waals surface area contributed by atoms with E-state index in [1.54, 1.807) is 24.3 Å². The van der Waals surface area contributed by atoms with Gasteiger partial charge >= 0.3 is 6.18 Å². The van der Waals surface area contributed by atoms with Crippen molar-refractivity contribution in [3.05, 3.63) is 70.7 Å². The summed E-state index contributed by atoms with van der Waals surface area (Å²) >= 11 is 0. The lowest BCUT2D eigenvalue weighted by atomic mass is 10.0. The van der Waals surface area contributed by atoms with Gasteiger partial charge in [-0.05, 0) is 41.5 Å². The van der Waals surface area contributed by atoms with Crippen LogP contribution in [0.1, 0.15) is 16.7 Å². The molecule has 0 spiro atoms. The molecule has 0 fully saturated rings. The zero-order valence-corrected chi connectivity index (χ0v) is 13.8. The lowest BCUT2D eigenvalue weighted by Crippen LogP contribution is -2.12. The standard InChI is InChI=1S/C20H12F3N3O/c1-24-7-6-11-2-4-17-15(8-11)19-14(10-18(27)25-17)13-9-12(20(21,22)23)3-5-16(13)26-19/h2-9,26H,10H2,(H,25,27). The second-order valence-corrected chi connectivity index (χ2v) is 6.21. The molecule has 0 bridgehead atoms. The molecule has 4 rings (SSSR count). The van der Waals surface area contributed by atoms with Crippen LogP contribution in [0.2, 0.25) is 0 Å². The van der Waals surface area contributed by atoms with E-state index in [1.807, 2.05) is 0 Å². The van der Waals surface area contributed by atoms with E-state index in [0.717, 1.165) is 17.7 Å². The van der Waals surface area contributed by atoms with Crippen molar-refractivity contribution in [3.63, 3.8) is 0 Å². The van der Waals surface area contributed by atoms with Gasteiger partial charge in [0.15, 0.2) is 6.20 Å². The molecular weight excluding hydrogens is 355 g/mol. The number of benzene rings is 2. The molecule has 0 saturated carbocycles. The maximum atomic E-state index is 13.1. The highest BCUT2D eigenvalue weighted by atomic mass is 19.4. The number of H-pyrrole nitrogens is 1. The van der Waals surface area contributed by atoms with Gasteiger partial charge in [0.25, 0.3) is 0 Å². The molecule has 4 nitrogen and oxygen atoms in total. The minimum absolute atomic E-state index is 0.0292. The molecule has 0 saturated heterocycles. The van der Waals surface area contributed by atoms with Crippen molar-refractivity contribution >= 4 is 28.6 Å². The monoisotopic (exact) mass is 367 g/mol. The van der Waals surface area contributed by atoms with E-state index in [-0.39, 0.29) is 12.3 Å². The molecule has 7 heteroatoms. The fourth-order valence-corrected chi connectivity index (χ4v) is 3.30. The molecular formula is C20H12F3N3O. The second-order valence-electron chi connectivity index (χ2n) is 6.21. The maximum Gasteiger partial charge on any atom is 0.416 e. The summed E-state index contributed by atoms with van der Waals surface area (Å²) in [6.07, 6.45) is -1.54. The Balaban J connectivity index is 1.97. The minimum atomic E-state index is -4.46. The van der Waals surface area contributed by atoms with Gasteiger partial charge in [-0.1, -0.05) is 12.1 Å². The molecule has 2 heterocycles. The van der Waals surface area contributed by atoms with Crippen molar-refractivity contribution in [2.45, 2.75) is 12.6 Å². The number of nitrogens with zero attached hydrogens (tertiary/aromatic N) is 1. The van der Waals surface area contributed by atoms with Crippen LogP contribution in [0.15, 0.2) is 42.6 Å². The number of carbonyl (C=O) groups is 1. The molecule has 27 heavy (non-hydrogen) atoms. The molecule has 0 atom stereocenters. The molecule has 0 radical (unpaired) electrons. The van der Waals surface area contributed by atoms with Gasteiger partial charge in [0.05, 0.1) is 29.9 Å². The predicted octanol–water partition coefficient (Wildman–Crippen LogP) is 5.24. The van der Waals surface area contributed by atoms with Crippen LogP contribution >= 0.6 is 0 Å². The topological polar surface area (TPSA) is 49.2 Å². The maximum absolute atomic E-state index is 13.1. The van der Waals surface area contributed by atoms with Crippen LogP contribution in [0.4, 0.5) is 18.9 Å². The average Bonchev–Trinajstić information content (AvgIpc) is 2.90. The number of fused-ring (bicyclic) bond motifs is 5. The Morgan fingerprint density at radius 2 is 1.96 bits per heavy atom. The summed E-state index contributed by atoms with van der Waals surface area (Å²) < 4.78 is 39.3. The molecule has 1 aliphatic heterocycles. The van der Waals surface area contributed by atoms with Gasteiger partial charge in [0.1, 0.15) is 0 Å². The Morgan fingerprint density at radius 1 is 1.15 bits per heavy atom. The number of rotatable bonds is 1. The number of aromatic amines is 1. The summed E-state index contributed by atoms with van der Waals surface area (Å²) in [5.41, 5.74) is 2.91. The van der Waals surface area contributed by atoms with E-state index in [9.17, 15) is 18.0 Å². The summed E-state index contributed by atoms with van der Waals surface area (Å²) in [7, 11) is 0. The second kappa shape index (κ2) is 6.02. The number of carbonyl (C=O) groups excluding carboxylic acids is 1. The summed E-state index contributed by atoms with van der Waals surface area (Å²) in [5, 5.41) is 3.16. The Hall–Kier alpha value is -3.53. The molecule has 0 aliphatic carbocycles. The van der Waals surface area contributed by atoms with Crippen molar-refractivity contribution in [2.24, 2.45) is 0 Å². The highest BCUT2D eigenvalue weighted by molar-refractivity contribution is 6.05. The van der Waals surface area contributed by atoms with Crippen LogP contribution in [0.25, 0.3) is 33.1 Å². The molecule has 134 valence electrons. The molecule has 3 aromatic rings. The largest absolute Gasteiger partial charge is 0.416 e. The third-order valence-electron chi connectivity index (χ3n) is 4.50. The van der Waals surface area contributed by atoms with Crippen molar-refractivity contribution in [3.8, 4) is 11.3 Å². The fourth-order valence-electron chi connectivity index (χ4n) is 3.30. The lowest BCUT2D eigenvalue weighted by molar-refractivity contribution is -0.137.